The number of aromatic nitrogens is 2. The summed E-state index contributed by atoms with van der Waals surface area (Å²) in [6, 6.07) is 6.87. The zero-order valence-corrected chi connectivity index (χ0v) is 16.2. The van der Waals surface area contributed by atoms with Gasteiger partial charge in [0, 0.05) is 24.5 Å². The number of rotatable bonds is 7. The number of carbonyl (C=O) groups excluding carboxylic acids is 1. The molecule has 0 aliphatic rings. The fraction of sp³-hybridized carbons (Fsp3) is 0.389. The summed E-state index contributed by atoms with van der Waals surface area (Å²) < 4.78 is 0. The maximum absolute atomic E-state index is 12.7. The Kier molecular flexibility index (Phi) is 7.02. The molecule has 0 saturated heterocycles. The van der Waals surface area contributed by atoms with Crippen LogP contribution in [0.5, 0.6) is 0 Å². The van der Waals surface area contributed by atoms with Crippen molar-refractivity contribution in [3.8, 4) is 0 Å². The zero-order valence-electron chi connectivity index (χ0n) is 14.6. The van der Waals surface area contributed by atoms with Gasteiger partial charge in [-0.15, -0.1) is 0 Å². The lowest BCUT2D eigenvalue weighted by atomic mass is 10.2. The smallest absolute Gasteiger partial charge is 0.272 e. The molecule has 0 radical (unpaired) electrons. The molecule has 1 aromatic carbocycles. The first-order chi connectivity index (χ1) is 11.9. The summed E-state index contributed by atoms with van der Waals surface area (Å²) in [6.07, 6.45) is 1.81. The van der Waals surface area contributed by atoms with Gasteiger partial charge in [-0.3, -0.25) is 4.79 Å². The van der Waals surface area contributed by atoms with Crippen molar-refractivity contribution in [1.29, 1.82) is 0 Å². The van der Waals surface area contributed by atoms with Crippen LogP contribution in [0.25, 0.3) is 0 Å². The van der Waals surface area contributed by atoms with Crippen LogP contribution in [-0.2, 0) is 0 Å². The topological polar surface area (TPSA) is 58.1 Å². The number of nitrogens with one attached hydrogen (secondary N) is 1. The van der Waals surface area contributed by atoms with Gasteiger partial charge in [0.15, 0.2) is 0 Å². The van der Waals surface area contributed by atoms with E-state index in [9.17, 15) is 4.79 Å². The molecule has 0 aliphatic carbocycles. The molecule has 0 bridgehead atoms. The van der Waals surface area contributed by atoms with Gasteiger partial charge in [-0.05, 0) is 44.0 Å². The second kappa shape index (κ2) is 9.02. The normalized spacial score (nSPS) is 10.6. The van der Waals surface area contributed by atoms with Crippen LogP contribution >= 0.6 is 23.2 Å². The molecular formula is C18H22Cl2N4O. The second-order valence-electron chi connectivity index (χ2n) is 5.76. The highest BCUT2D eigenvalue weighted by Gasteiger charge is 2.17. The molecule has 0 atom stereocenters. The molecule has 134 valence electrons. The van der Waals surface area contributed by atoms with Crippen molar-refractivity contribution in [2.45, 2.75) is 33.6 Å². The molecule has 1 N–H and O–H groups in total. The molecule has 0 saturated carbocycles. The Balaban J connectivity index is 2.26. The average molecular weight is 381 g/mol. The second-order valence-corrected chi connectivity index (χ2v) is 6.58. The van der Waals surface area contributed by atoms with Gasteiger partial charge in [-0.25, -0.2) is 9.97 Å². The van der Waals surface area contributed by atoms with Gasteiger partial charge in [0.2, 0.25) is 5.95 Å². The lowest BCUT2D eigenvalue weighted by Gasteiger charge is -2.21. The van der Waals surface area contributed by atoms with Crippen LogP contribution in [0.4, 0.5) is 11.6 Å². The summed E-state index contributed by atoms with van der Waals surface area (Å²) in [5.41, 5.74) is 1.81. The first-order valence-electron chi connectivity index (χ1n) is 8.31. The summed E-state index contributed by atoms with van der Waals surface area (Å²) in [5.74, 6) is 0.279. The molecule has 7 heteroatoms. The number of benzene rings is 1. The molecule has 5 nitrogen and oxygen atoms in total. The monoisotopic (exact) mass is 380 g/mol. The van der Waals surface area contributed by atoms with E-state index >= 15 is 0 Å². The fourth-order valence-corrected chi connectivity index (χ4v) is 2.75. The van der Waals surface area contributed by atoms with Crippen LogP contribution in [0, 0.1) is 6.92 Å². The Morgan fingerprint density at radius 3 is 2.36 bits per heavy atom. The van der Waals surface area contributed by atoms with Crippen molar-refractivity contribution in [2.75, 3.05) is 18.4 Å². The Bertz CT molecular complexity index is 746. The predicted octanol–water partition coefficient (Wildman–Crippen LogP) is 5.10. The molecule has 0 unspecified atom stereocenters. The number of anilines is 2. The number of halogens is 2. The van der Waals surface area contributed by atoms with Gasteiger partial charge >= 0.3 is 0 Å². The van der Waals surface area contributed by atoms with Gasteiger partial charge in [0.1, 0.15) is 5.69 Å². The van der Waals surface area contributed by atoms with E-state index in [0.717, 1.165) is 12.8 Å². The number of hydrogen-bond donors (Lipinski definition) is 1. The van der Waals surface area contributed by atoms with Crippen molar-refractivity contribution < 1.29 is 4.79 Å². The third kappa shape index (κ3) is 5.31. The number of nitrogens with zero attached hydrogens (tertiary/aromatic N) is 3. The first kappa shape index (κ1) is 19.5. The molecular weight excluding hydrogens is 359 g/mol. The summed E-state index contributed by atoms with van der Waals surface area (Å²) in [5, 5.41) is 3.99. The van der Waals surface area contributed by atoms with E-state index in [4.69, 9.17) is 23.2 Å². The molecule has 2 aromatic rings. The van der Waals surface area contributed by atoms with Crippen LogP contribution in [0.2, 0.25) is 10.0 Å². The van der Waals surface area contributed by atoms with Crippen LogP contribution < -0.4 is 5.32 Å². The fourth-order valence-electron chi connectivity index (χ4n) is 2.45. The highest BCUT2D eigenvalue weighted by atomic mass is 35.5. The number of hydrogen-bond acceptors (Lipinski definition) is 4. The van der Waals surface area contributed by atoms with Gasteiger partial charge in [0.25, 0.3) is 5.91 Å². The Morgan fingerprint density at radius 2 is 1.76 bits per heavy atom. The van der Waals surface area contributed by atoms with Crippen LogP contribution in [0.15, 0.2) is 24.3 Å². The molecule has 1 aromatic heterocycles. The van der Waals surface area contributed by atoms with Crippen LogP contribution in [0.3, 0.4) is 0 Å². The maximum atomic E-state index is 12.7. The molecule has 1 amide bonds. The molecule has 25 heavy (non-hydrogen) atoms. The third-order valence-corrected chi connectivity index (χ3v) is 4.26. The maximum Gasteiger partial charge on any atom is 0.272 e. The molecule has 0 fully saturated rings. The number of amides is 1. The first-order valence-corrected chi connectivity index (χ1v) is 9.07. The van der Waals surface area contributed by atoms with E-state index in [1.807, 2.05) is 11.8 Å². The van der Waals surface area contributed by atoms with Crippen molar-refractivity contribution >= 4 is 40.7 Å². The van der Waals surface area contributed by atoms with Gasteiger partial charge < -0.3 is 10.2 Å². The lowest BCUT2D eigenvalue weighted by molar-refractivity contribution is 0.0749. The third-order valence-electron chi connectivity index (χ3n) is 3.52. The molecule has 0 aliphatic heterocycles. The van der Waals surface area contributed by atoms with E-state index < -0.39 is 0 Å². The zero-order chi connectivity index (χ0) is 18.4. The van der Waals surface area contributed by atoms with E-state index in [1.165, 1.54) is 0 Å². The van der Waals surface area contributed by atoms with Gasteiger partial charge in [-0.2, -0.15) is 0 Å². The standard InChI is InChI=1S/C18H22Cl2N4O/c1-4-8-24(9-5-2)17(25)16-10-12(3)21-18(23-16)22-13-6-7-14(19)15(20)11-13/h6-7,10-11H,4-5,8-9H2,1-3H3,(H,21,22,23). The minimum Gasteiger partial charge on any atom is -0.337 e. The van der Waals surface area contributed by atoms with Crippen molar-refractivity contribution in [3.63, 3.8) is 0 Å². The summed E-state index contributed by atoms with van der Waals surface area (Å²) >= 11 is 12.0. The predicted molar refractivity (Wildman–Crippen MR) is 103 cm³/mol. The van der Waals surface area contributed by atoms with E-state index in [1.54, 1.807) is 24.3 Å². The minimum atomic E-state index is -0.0774. The lowest BCUT2D eigenvalue weighted by Crippen LogP contribution is -2.33. The summed E-state index contributed by atoms with van der Waals surface area (Å²) in [4.78, 5) is 23.3. The average Bonchev–Trinajstić information content (AvgIpc) is 2.57. The number of aryl methyl sites for hydroxylation is 1. The molecule has 0 spiro atoms. The minimum absolute atomic E-state index is 0.0774. The largest absolute Gasteiger partial charge is 0.337 e. The highest BCUT2D eigenvalue weighted by Crippen LogP contribution is 2.26. The summed E-state index contributed by atoms with van der Waals surface area (Å²) in [7, 11) is 0. The molecule has 2 rings (SSSR count). The SMILES string of the molecule is CCCN(CCC)C(=O)c1cc(C)nc(Nc2ccc(Cl)c(Cl)c2)n1. The van der Waals surface area contributed by atoms with Crippen molar-refractivity contribution in [3.05, 3.63) is 45.7 Å². The Labute approximate surface area is 158 Å². The van der Waals surface area contributed by atoms with E-state index in [0.29, 0.717) is 46.2 Å². The Morgan fingerprint density at radius 1 is 1.08 bits per heavy atom. The van der Waals surface area contributed by atoms with Gasteiger partial charge in [0.05, 0.1) is 10.0 Å². The highest BCUT2D eigenvalue weighted by molar-refractivity contribution is 6.42. The van der Waals surface area contributed by atoms with Gasteiger partial charge in [-0.1, -0.05) is 37.0 Å². The molecule has 1 heterocycles. The van der Waals surface area contributed by atoms with Crippen LogP contribution in [0.1, 0.15) is 42.9 Å². The Hall–Kier alpha value is -1.85. The summed E-state index contributed by atoms with van der Waals surface area (Å²) in [6.45, 7) is 7.37. The van der Waals surface area contributed by atoms with E-state index in [-0.39, 0.29) is 5.91 Å². The quantitative estimate of drug-likeness (QED) is 0.725. The van der Waals surface area contributed by atoms with Crippen molar-refractivity contribution in [1.82, 2.24) is 14.9 Å². The van der Waals surface area contributed by atoms with Crippen molar-refractivity contribution in [2.24, 2.45) is 0 Å². The number of carbonyl (C=O) groups is 1. The van der Waals surface area contributed by atoms with E-state index in [2.05, 4.69) is 29.1 Å². The van der Waals surface area contributed by atoms with Crippen LogP contribution in [-0.4, -0.2) is 33.9 Å².